The van der Waals surface area contributed by atoms with Crippen molar-refractivity contribution < 1.29 is 14.2 Å². The summed E-state index contributed by atoms with van der Waals surface area (Å²) in [5.41, 5.74) is 0.785. The number of hydrogen-bond donors (Lipinski definition) is 1. The maximum absolute atomic E-state index is 12.9. The molecule has 0 radical (unpaired) electrons. The normalized spacial score (nSPS) is 10.4. The summed E-state index contributed by atoms with van der Waals surface area (Å²) in [6, 6.07) is 9.49. The third-order valence-electron chi connectivity index (χ3n) is 2.29. The third kappa shape index (κ3) is 3.10. The Labute approximate surface area is 121 Å². The van der Waals surface area contributed by atoms with E-state index < -0.39 is 0 Å². The lowest BCUT2D eigenvalue weighted by atomic mass is 10.2. The van der Waals surface area contributed by atoms with Crippen LogP contribution in [0.4, 0.5) is 4.39 Å². The second-order valence-electron chi connectivity index (χ2n) is 3.60. The van der Waals surface area contributed by atoms with Crippen LogP contribution in [0.25, 0.3) is 0 Å². The van der Waals surface area contributed by atoms with Crippen molar-refractivity contribution in [2.24, 2.45) is 0 Å². The molecule has 5 heteroatoms. The minimum absolute atomic E-state index is 0.0286. The first kappa shape index (κ1) is 13.5. The van der Waals surface area contributed by atoms with Crippen molar-refractivity contribution in [3.05, 3.63) is 56.7 Å². The van der Waals surface area contributed by atoms with Gasteiger partial charge in [-0.3, -0.25) is 0 Å². The first-order chi connectivity index (χ1) is 8.60. The molecular weight excluding hydrogens is 367 g/mol. The topological polar surface area (TPSA) is 29.5 Å². The number of aliphatic hydroxyl groups excluding tert-OH is 1. The van der Waals surface area contributed by atoms with Gasteiger partial charge >= 0.3 is 0 Å². The second-order valence-corrected chi connectivity index (χ2v) is 5.31. The van der Waals surface area contributed by atoms with Crippen LogP contribution in [0, 0.1) is 5.82 Å². The van der Waals surface area contributed by atoms with Crippen molar-refractivity contribution in [3.8, 4) is 11.5 Å². The van der Waals surface area contributed by atoms with E-state index in [0.29, 0.717) is 16.0 Å². The van der Waals surface area contributed by atoms with Crippen molar-refractivity contribution in [2.75, 3.05) is 0 Å². The summed E-state index contributed by atoms with van der Waals surface area (Å²) >= 11 is 6.60. The van der Waals surface area contributed by atoms with Crippen LogP contribution >= 0.6 is 31.9 Å². The van der Waals surface area contributed by atoms with Gasteiger partial charge in [0.2, 0.25) is 0 Å². The summed E-state index contributed by atoms with van der Waals surface area (Å²) in [5.74, 6) is 0.789. The lowest BCUT2D eigenvalue weighted by Gasteiger charge is -2.10. The Hall–Kier alpha value is -0.910. The van der Waals surface area contributed by atoms with Gasteiger partial charge in [-0.15, -0.1) is 0 Å². The van der Waals surface area contributed by atoms with Gasteiger partial charge in [0, 0.05) is 0 Å². The first-order valence-corrected chi connectivity index (χ1v) is 6.71. The van der Waals surface area contributed by atoms with Crippen molar-refractivity contribution in [1.29, 1.82) is 0 Å². The zero-order valence-electron chi connectivity index (χ0n) is 9.16. The molecule has 0 heterocycles. The van der Waals surface area contributed by atoms with Gasteiger partial charge in [0.05, 0.1) is 15.6 Å². The van der Waals surface area contributed by atoms with Gasteiger partial charge in [-0.1, -0.05) is 6.07 Å². The van der Waals surface area contributed by atoms with Crippen LogP contribution < -0.4 is 4.74 Å². The summed E-state index contributed by atoms with van der Waals surface area (Å²) in [6.07, 6.45) is 0. The zero-order valence-corrected chi connectivity index (χ0v) is 12.3. The second kappa shape index (κ2) is 5.82. The fourth-order valence-corrected chi connectivity index (χ4v) is 2.34. The van der Waals surface area contributed by atoms with Gasteiger partial charge in [-0.25, -0.2) is 4.39 Å². The number of ether oxygens (including phenoxy) is 1. The van der Waals surface area contributed by atoms with Gasteiger partial charge in [-0.2, -0.15) is 0 Å². The lowest BCUT2D eigenvalue weighted by molar-refractivity contribution is 0.281. The molecule has 0 spiro atoms. The van der Waals surface area contributed by atoms with Crippen LogP contribution in [0.5, 0.6) is 11.5 Å². The molecule has 1 N–H and O–H groups in total. The molecule has 0 aromatic heterocycles. The predicted octanol–water partition coefficient (Wildman–Crippen LogP) is 4.64. The molecule has 94 valence electrons. The van der Waals surface area contributed by atoms with E-state index in [-0.39, 0.29) is 12.4 Å². The third-order valence-corrected chi connectivity index (χ3v) is 3.53. The zero-order chi connectivity index (χ0) is 13.1. The van der Waals surface area contributed by atoms with E-state index in [1.165, 1.54) is 12.1 Å². The number of benzene rings is 2. The predicted molar refractivity (Wildman–Crippen MR) is 74.2 cm³/mol. The molecule has 2 rings (SSSR count). The highest BCUT2D eigenvalue weighted by Crippen LogP contribution is 2.34. The van der Waals surface area contributed by atoms with Gasteiger partial charge in [0.1, 0.15) is 17.3 Å². The largest absolute Gasteiger partial charge is 0.455 e. The molecule has 0 saturated carbocycles. The quantitative estimate of drug-likeness (QED) is 0.847. The maximum Gasteiger partial charge on any atom is 0.141 e. The molecule has 0 unspecified atom stereocenters. The fourth-order valence-electron chi connectivity index (χ4n) is 1.40. The van der Waals surface area contributed by atoms with E-state index in [2.05, 4.69) is 31.9 Å². The molecule has 18 heavy (non-hydrogen) atoms. The number of hydrogen-bond acceptors (Lipinski definition) is 2. The first-order valence-electron chi connectivity index (χ1n) is 5.12. The Morgan fingerprint density at radius 1 is 1.00 bits per heavy atom. The highest BCUT2D eigenvalue weighted by molar-refractivity contribution is 9.11. The molecule has 0 aliphatic carbocycles. The van der Waals surface area contributed by atoms with Crippen molar-refractivity contribution in [2.45, 2.75) is 6.61 Å². The van der Waals surface area contributed by atoms with Gasteiger partial charge in [-0.05, 0) is 67.8 Å². The van der Waals surface area contributed by atoms with Gasteiger partial charge < -0.3 is 9.84 Å². The van der Waals surface area contributed by atoms with Crippen molar-refractivity contribution in [3.63, 3.8) is 0 Å². The Morgan fingerprint density at radius 2 is 1.61 bits per heavy atom. The monoisotopic (exact) mass is 374 g/mol. The summed E-state index contributed by atoms with van der Waals surface area (Å²) in [6.45, 7) is -0.0286. The fraction of sp³-hybridized carbons (Fsp3) is 0.0769. The van der Waals surface area contributed by atoms with E-state index in [0.717, 1.165) is 10.0 Å². The SMILES string of the molecule is OCc1ccc(Oc2ccc(F)cc2Br)c(Br)c1. The molecule has 2 nitrogen and oxygen atoms in total. The Morgan fingerprint density at radius 3 is 2.17 bits per heavy atom. The van der Waals surface area contributed by atoms with E-state index in [1.54, 1.807) is 24.3 Å². The average molecular weight is 376 g/mol. The molecule has 0 bridgehead atoms. The highest BCUT2D eigenvalue weighted by atomic mass is 79.9. The molecule has 0 saturated heterocycles. The average Bonchev–Trinajstić information content (AvgIpc) is 2.34. The molecule has 2 aromatic carbocycles. The van der Waals surface area contributed by atoms with Crippen LogP contribution in [-0.4, -0.2) is 5.11 Å². The molecule has 0 fully saturated rings. The summed E-state index contributed by atoms with van der Waals surface area (Å²) in [4.78, 5) is 0. The standard InChI is InChI=1S/C13H9Br2FO2/c14-10-5-8(7-17)1-3-12(10)18-13-4-2-9(16)6-11(13)15/h1-6,17H,7H2. The van der Waals surface area contributed by atoms with Crippen molar-refractivity contribution >= 4 is 31.9 Å². The van der Waals surface area contributed by atoms with Gasteiger partial charge in [0.25, 0.3) is 0 Å². The van der Waals surface area contributed by atoms with Crippen LogP contribution in [-0.2, 0) is 6.61 Å². The van der Waals surface area contributed by atoms with E-state index in [1.807, 2.05) is 0 Å². The summed E-state index contributed by atoms with van der Waals surface area (Å²) in [5, 5.41) is 9.01. The molecule has 2 aromatic rings. The minimum Gasteiger partial charge on any atom is -0.455 e. The van der Waals surface area contributed by atoms with Crippen LogP contribution in [0.1, 0.15) is 5.56 Å². The van der Waals surface area contributed by atoms with E-state index >= 15 is 0 Å². The van der Waals surface area contributed by atoms with Gasteiger partial charge in [0.15, 0.2) is 0 Å². The minimum atomic E-state index is -0.330. The highest BCUT2D eigenvalue weighted by Gasteiger charge is 2.07. The Balaban J connectivity index is 2.28. The molecule has 0 aliphatic heterocycles. The molecule has 0 aliphatic rings. The lowest BCUT2D eigenvalue weighted by Crippen LogP contribution is -1.89. The summed E-state index contributed by atoms with van der Waals surface area (Å²) in [7, 11) is 0. The molecular formula is C13H9Br2FO2. The smallest absolute Gasteiger partial charge is 0.141 e. The Bertz CT molecular complexity index is 573. The van der Waals surface area contributed by atoms with Crippen molar-refractivity contribution in [1.82, 2.24) is 0 Å². The number of rotatable bonds is 3. The summed E-state index contributed by atoms with van der Waals surface area (Å²) < 4.78 is 19.9. The van der Waals surface area contributed by atoms with E-state index in [4.69, 9.17) is 9.84 Å². The van der Waals surface area contributed by atoms with Crippen LogP contribution in [0.3, 0.4) is 0 Å². The van der Waals surface area contributed by atoms with E-state index in [9.17, 15) is 4.39 Å². The molecule has 0 atom stereocenters. The number of halogens is 3. The maximum atomic E-state index is 12.9. The van der Waals surface area contributed by atoms with Crippen LogP contribution in [0.15, 0.2) is 45.3 Å². The Kier molecular flexibility index (Phi) is 4.37. The number of aliphatic hydroxyl groups is 1. The van der Waals surface area contributed by atoms with Crippen LogP contribution in [0.2, 0.25) is 0 Å². The molecule has 0 amide bonds.